The zero-order valence-electron chi connectivity index (χ0n) is 10.6. The van der Waals surface area contributed by atoms with Gasteiger partial charge in [-0.3, -0.25) is 4.79 Å². The van der Waals surface area contributed by atoms with Crippen molar-refractivity contribution in [1.82, 2.24) is 5.32 Å². The van der Waals surface area contributed by atoms with Gasteiger partial charge in [-0.05, 0) is 36.5 Å². The van der Waals surface area contributed by atoms with Crippen LogP contribution in [0.3, 0.4) is 0 Å². The maximum absolute atomic E-state index is 12.2. The minimum absolute atomic E-state index is 0.0434. The molecule has 1 aliphatic rings. The lowest BCUT2D eigenvalue weighted by atomic mass is 9.87. The van der Waals surface area contributed by atoms with Gasteiger partial charge in [0.25, 0.3) is 5.91 Å². The van der Waals surface area contributed by atoms with E-state index in [1.165, 1.54) is 6.42 Å². The van der Waals surface area contributed by atoms with Crippen molar-refractivity contribution in [2.24, 2.45) is 5.41 Å². The van der Waals surface area contributed by atoms with Crippen molar-refractivity contribution in [3.8, 4) is 0 Å². The van der Waals surface area contributed by atoms with E-state index >= 15 is 0 Å². The molecule has 1 amide bonds. The number of halogens is 2. The number of rotatable bonds is 2. The van der Waals surface area contributed by atoms with Gasteiger partial charge in [0, 0.05) is 21.1 Å². The molecule has 0 spiro atoms. The van der Waals surface area contributed by atoms with E-state index in [1.807, 2.05) is 0 Å². The summed E-state index contributed by atoms with van der Waals surface area (Å²) in [7, 11) is 0. The molecule has 0 aromatic heterocycles. The Bertz CT molecular complexity index is 453. The molecule has 1 aliphatic carbocycles. The van der Waals surface area contributed by atoms with Crippen LogP contribution in [0.5, 0.6) is 0 Å². The van der Waals surface area contributed by atoms with E-state index in [0.29, 0.717) is 10.6 Å². The summed E-state index contributed by atoms with van der Waals surface area (Å²) in [6, 6.07) is 5.52. The molecule has 1 aromatic rings. The molecule has 18 heavy (non-hydrogen) atoms. The fraction of sp³-hybridized carbons (Fsp3) is 0.500. The summed E-state index contributed by atoms with van der Waals surface area (Å²) in [6.45, 7) is 4.41. The average molecular weight is 331 g/mol. The van der Waals surface area contributed by atoms with Crippen molar-refractivity contribution in [2.45, 2.75) is 39.2 Å². The van der Waals surface area contributed by atoms with Crippen molar-refractivity contribution >= 4 is 33.4 Å². The summed E-state index contributed by atoms with van der Waals surface area (Å²) in [5, 5.41) is 3.69. The number of carbonyl (C=O) groups excluding carboxylic acids is 1. The van der Waals surface area contributed by atoms with Gasteiger partial charge < -0.3 is 5.32 Å². The van der Waals surface area contributed by atoms with Gasteiger partial charge in [-0.2, -0.15) is 0 Å². The molecule has 0 bridgehead atoms. The minimum Gasteiger partial charge on any atom is -0.349 e. The van der Waals surface area contributed by atoms with Gasteiger partial charge in [0.1, 0.15) is 0 Å². The number of amides is 1. The largest absolute Gasteiger partial charge is 0.349 e. The molecule has 0 radical (unpaired) electrons. The molecule has 98 valence electrons. The number of hydrogen-bond acceptors (Lipinski definition) is 1. The SMILES string of the molecule is CC1(C)CCCC1NC(=O)c1cc(Cl)cc(Br)c1. The Balaban J connectivity index is 2.12. The molecule has 1 saturated carbocycles. The van der Waals surface area contributed by atoms with E-state index in [0.717, 1.165) is 17.3 Å². The molecule has 0 heterocycles. The normalized spacial score (nSPS) is 21.9. The maximum atomic E-state index is 12.2. The van der Waals surface area contributed by atoms with Gasteiger partial charge in [-0.15, -0.1) is 0 Å². The van der Waals surface area contributed by atoms with E-state index in [4.69, 9.17) is 11.6 Å². The Hall–Kier alpha value is -0.540. The zero-order chi connectivity index (χ0) is 13.3. The lowest BCUT2D eigenvalue weighted by molar-refractivity contribution is 0.0910. The molecule has 1 N–H and O–H groups in total. The first-order valence-corrected chi connectivity index (χ1v) is 7.32. The van der Waals surface area contributed by atoms with E-state index in [2.05, 4.69) is 35.1 Å². The topological polar surface area (TPSA) is 29.1 Å². The molecule has 0 aliphatic heterocycles. The Kier molecular flexibility index (Phi) is 4.02. The summed E-state index contributed by atoms with van der Waals surface area (Å²) < 4.78 is 0.825. The van der Waals surface area contributed by atoms with Crippen molar-refractivity contribution in [1.29, 1.82) is 0 Å². The summed E-state index contributed by atoms with van der Waals surface area (Å²) in [4.78, 5) is 12.2. The molecule has 2 nitrogen and oxygen atoms in total. The monoisotopic (exact) mass is 329 g/mol. The van der Waals surface area contributed by atoms with Gasteiger partial charge in [0.2, 0.25) is 0 Å². The Morgan fingerprint density at radius 2 is 2.17 bits per heavy atom. The Morgan fingerprint density at radius 3 is 2.72 bits per heavy atom. The van der Waals surface area contributed by atoms with Crippen LogP contribution in [-0.2, 0) is 0 Å². The predicted molar refractivity (Wildman–Crippen MR) is 78.0 cm³/mol. The Morgan fingerprint density at radius 1 is 1.44 bits per heavy atom. The van der Waals surface area contributed by atoms with Crippen molar-refractivity contribution in [3.63, 3.8) is 0 Å². The molecular weight excluding hydrogens is 314 g/mol. The zero-order valence-corrected chi connectivity index (χ0v) is 12.9. The first kappa shape index (κ1) is 13.9. The highest BCUT2D eigenvalue weighted by molar-refractivity contribution is 9.10. The highest BCUT2D eigenvalue weighted by Gasteiger charge is 2.35. The predicted octanol–water partition coefficient (Wildman–Crippen LogP) is 4.41. The number of carbonyl (C=O) groups is 1. The van der Waals surface area contributed by atoms with Crippen molar-refractivity contribution < 1.29 is 4.79 Å². The third-order valence-electron chi connectivity index (χ3n) is 3.69. The van der Waals surface area contributed by atoms with Crippen LogP contribution in [0.2, 0.25) is 5.02 Å². The van der Waals surface area contributed by atoms with Crippen LogP contribution in [0.1, 0.15) is 43.5 Å². The second-order valence-corrected chi connectivity index (χ2v) is 6.92. The first-order chi connectivity index (χ1) is 8.38. The van der Waals surface area contributed by atoms with Crippen LogP contribution in [0, 0.1) is 5.41 Å². The van der Waals surface area contributed by atoms with Gasteiger partial charge >= 0.3 is 0 Å². The quantitative estimate of drug-likeness (QED) is 0.855. The van der Waals surface area contributed by atoms with E-state index < -0.39 is 0 Å². The molecule has 1 fully saturated rings. The average Bonchev–Trinajstić information content (AvgIpc) is 2.57. The minimum atomic E-state index is -0.0434. The first-order valence-electron chi connectivity index (χ1n) is 6.15. The van der Waals surface area contributed by atoms with Gasteiger partial charge in [0.05, 0.1) is 0 Å². The fourth-order valence-corrected chi connectivity index (χ4v) is 3.38. The van der Waals surface area contributed by atoms with Gasteiger partial charge in [-0.1, -0.05) is 47.8 Å². The molecule has 1 atom stereocenters. The van der Waals surface area contributed by atoms with E-state index in [-0.39, 0.29) is 17.4 Å². The summed E-state index contributed by atoms with van der Waals surface area (Å²) in [6.07, 6.45) is 3.40. The van der Waals surface area contributed by atoms with Crippen molar-refractivity contribution in [3.05, 3.63) is 33.3 Å². The summed E-state index contributed by atoms with van der Waals surface area (Å²) in [5.74, 6) is -0.0434. The van der Waals surface area contributed by atoms with Crippen LogP contribution in [0.25, 0.3) is 0 Å². The standard InChI is InChI=1S/C14H17BrClNO/c1-14(2)5-3-4-12(14)17-13(18)9-6-10(15)8-11(16)7-9/h6-8,12H,3-5H2,1-2H3,(H,17,18). The molecule has 0 saturated heterocycles. The third kappa shape index (κ3) is 3.07. The Labute approximate surface area is 121 Å². The summed E-state index contributed by atoms with van der Waals surface area (Å²) in [5.41, 5.74) is 0.794. The lowest BCUT2D eigenvalue weighted by Gasteiger charge is -2.27. The van der Waals surface area contributed by atoms with Crippen molar-refractivity contribution in [2.75, 3.05) is 0 Å². The highest BCUT2D eigenvalue weighted by atomic mass is 79.9. The molecular formula is C14H17BrClNO. The van der Waals surface area contributed by atoms with Crippen LogP contribution < -0.4 is 5.32 Å². The van der Waals surface area contributed by atoms with E-state index in [1.54, 1.807) is 18.2 Å². The molecule has 2 rings (SSSR count). The second-order valence-electron chi connectivity index (χ2n) is 5.56. The van der Waals surface area contributed by atoms with Gasteiger partial charge in [-0.25, -0.2) is 0 Å². The maximum Gasteiger partial charge on any atom is 0.251 e. The van der Waals surface area contributed by atoms with E-state index in [9.17, 15) is 4.79 Å². The second kappa shape index (κ2) is 5.22. The van der Waals surface area contributed by atoms with Crippen LogP contribution >= 0.6 is 27.5 Å². The fourth-order valence-electron chi connectivity index (χ4n) is 2.52. The highest BCUT2D eigenvalue weighted by Crippen LogP contribution is 2.37. The lowest BCUT2D eigenvalue weighted by Crippen LogP contribution is -2.41. The molecule has 1 aromatic carbocycles. The number of nitrogens with one attached hydrogen (secondary N) is 1. The molecule has 4 heteroatoms. The smallest absolute Gasteiger partial charge is 0.251 e. The van der Waals surface area contributed by atoms with Gasteiger partial charge in [0.15, 0.2) is 0 Å². The van der Waals surface area contributed by atoms with Crippen LogP contribution in [0.15, 0.2) is 22.7 Å². The molecule has 1 unspecified atom stereocenters. The summed E-state index contributed by atoms with van der Waals surface area (Å²) >= 11 is 9.31. The number of hydrogen-bond donors (Lipinski definition) is 1. The number of benzene rings is 1. The van der Waals surface area contributed by atoms with Crippen LogP contribution in [-0.4, -0.2) is 11.9 Å². The third-order valence-corrected chi connectivity index (χ3v) is 4.36. The van der Waals surface area contributed by atoms with Crippen LogP contribution in [0.4, 0.5) is 0 Å².